The summed E-state index contributed by atoms with van der Waals surface area (Å²) in [5, 5.41) is 9.08. The van der Waals surface area contributed by atoms with Crippen LogP contribution in [0.15, 0.2) is 0 Å². The highest BCUT2D eigenvalue weighted by Gasteiger charge is 2.45. The quantitative estimate of drug-likeness (QED) is 0.804. The third-order valence-corrected chi connectivity index (χ3v) is 4.25. The van der Waals surface area contributed by atoms with Crippen molar-refractivity contribution in [3.8, 4) is 0 Å². The minimum Gasteiger partial charge on any atom is -0.481 e. The zero-order valence-electron chi connectivity index (χ0n) is 10.9. The van der Waals surface area contributed by atoms with Crippen LogP contribution in [-0.4, -0.2) is 23.3 Å². The second kappa shape index (κ2) is 4.74. The Morgan fingerprint density at radius 2 is 2.12 bits per heavy atom. The number of carboxylic acids is 1. The van der Waals surface area contributed by atoms with Gasteiger partial charge in [-0.05, 0) is 37.5 Å². The highest BCUT2D eigenvalue weighted by molar-refractivity contribution is 5.67. The number of hydrogen-bond donors (Lipinski definition) is 1. The summed E-state index contributed by atoms with van der Waals surface area (Å²) in [6.45, 7) is 9.16. The fraction of sp³-hybridized carbons (Fsp3) is 0.923. The lowest BCUT2D eigenvalue weighted by Crippen LogP contribution is -2.46. The molecule has 1 fully saturated rings. The fourth-order valence-corrected chi connectivity index (χ4v) is 2.76. The van der Waals surface area contributed by atoms with Crippen molar-refractivity contribution in [1.29, 1.82) is 0 Å². The van der Waals surface area contributed by atoms with Gasteiger partial charge in [0.25, 0.3) is 0 Å². The second-order valence-electron chi connectivity index (χ2n) is 5.67. The normalized spacial score (nSPS) is 35.3. The van der Waals surface area contributed by atoms with Crippen LogP contribution < -0.4 is 0 Å². The van der Waals surface area contributed by atoms with Crippen molar-refractivity contribution in [3.63, 3.8) is 0 Å². The Balaban J connectivity index is 2.88. The minimum atomic E-state index is -0.686. The van der Waals surface area contributed by atoms with Crippen LogP contribution in [0.3, 0.4) is 0 Å². The van der Waals surface area contributed by atoms with Crippen molar-refractivity contribution >= 4 is 5.97 Å². The lowest BCUT2D eigenvalue weighted by Gasteiger charge is -2.48. The molecular formula is C13H24O3. The summed E-state index contributed by atoms with van der Waals surface area (Å²) < 4.78 is 5.81. The van der Waals surface area contributed by atoms with E-state index in [2.05, 4.69) is 27.7 Å². The summed E-state index contributed by atoms with van der Waals surface area (Å²) in [7, 11) is 0. The number of carbonyl (C=O) groups is 1. The molecule has 0 unspecified atom stereocenters. The summed E-state index contributed by atoms with van der Waals surface area (Å²) >= 11 is 0. The maximum Gasteiger partial charge on any atom is 0.303 e. The zero-order valence-corrected chi connectivity index (χ0v) is 10.9. The smallest absolute Gasteiger partial charge is 0.303 e. The largest absolute Gasteiger partial charge is 0.481 e. The van der Waals surface area contributed by atoms with Gasteiger partial charge in [0.05, 0.1) is 12.0 Å². The molecule has 0 amide bonds. The third kappa shape index (κ3) is 2.76. The molecule has 0 aliphatic carbocycles. The third-order valence-electron chi connectivity index (χ3n) is 4.25. The van der Waals surface area contributed by atoms with Crippen molar-refractivity contribution in [2.45, 2.75) is 59.0 Å². The summed E-state index contributed by atoms with van der Waals surface area (Å²) in [4.78, 5) is 11.0. The molecule has 1 N–H and O–H groups in total. The zero-order chi connectivity index (χ0) is 12.4. The summed E-state index contributed by atoms with van der Waals surface area (Å²) in [5.41, 5.74) is -0.229. The molecule has 0 bridgehead atoms. The Bertz CT molecular complexity index is 262. The maximum atomic E-state index is 11.0. The molecule has 3 nitrogen and oxygen atoms in total. The van der Waals surface area contributed by atoms with Crippen molar-refractivity contribution < 1.29 is 14.6 Å². The van der Waals surface area contributed by atoms with E-state index >= 15 is 0 Å². The van der Waals surface area contributed by atoms with Gasteiger partial charge in [0.1, 0.15) is 0 Å². The van der Waals surface area contributed by atoms with Crippen LogP contribution in [0, 0.1) is 11.3 Å². The first-order valence-electron chi connectivity index (χ1n) is 6.19. The van der Waals surface area contributed by atoms with E-state index in [0.717, 1.165) is 19.3 Å². The predicted molar refractivity (Wildman–Crippen MR) is 63.4 cm³/mol. The van der Waals surface area contributed by atoms with E-state index in [9.17, 15) is 4.79 Å². The van der Waals surface area contributed by atoms with E-state index < -0.39 is 5.97 Å². The molecule has 1 rings (SSSR count). The van der Waals surface area contributed by atoms with Crippen LogP contribution in [0.25, 0.3) is 0 Å². The Morgan fingerprint density at radius 3 is 2.56 bits per heavy atom. The van der Waals surface area contributed by atoms with Crippen molar-refractivity contribution in [3.05, 3.63) is 0 Å². The molecule has 16 heavy (non-hydrogen) atoms. The first-order chi connectivity index (χ1) is 7.33. The molecule has 1 heterocycles. The Hall–Kier alpha value is -0.570. The van der Waals surface area contributed by atoms with E-state index in [0.29, 0.717) is 12.5 Å². The summed E-state index contributed by atoms with van der Waals surface area (Å²) in [6.07, 6.45) is 2.94. The topological polar surface area (TPSA) is 46.5 Å². The number of ether oxygens (including phenoxy) is 1. The minimum absolute atomic E-state index is 0.0884. The van der Waals surface area contributed by atoms with Crippen molar-refractivity contribution in [2.75, 3.05) is 6.61 Å². The standard InChI is InChI=1S/C13H24O3/c1-5-12(4)9-13(10(2)3,6-7-16-12)8-11(14)15/h10H,5-9H2,1-4H3,(H,14,15)/t12-,13+/m1/s1. The van der Waals surface area contributed by atoms with Gasteiger partial charge in [-0.3, -0.25) is 4.79 Å². The molecule has 1 saturated heterocycles. The molecule has 94 valence electrons. The first kappa shape index (κ1) is 13.5. The number of hydrogen-bond acceptors (Lipinski definition) is 2. The van der Waals surface area contributed by atoms with Crippen LogP contribution in [0.1, 0.15) is 53.4 Å². The van der Waals surface area contributed by atoms with E-state index in [4.69, 9.17) is 9.84 Å². The van der Waals surface area contributed by atoms with Crippen LogP contribution in [0.4, 0.5) is 0 Å². The summed E-state index contributed by atoms with van der Waals surface area (Å²) in [5.74, 6) is -0.299. The predicted octanol–water partition coefficient (Wildman–Crippen LogP) is 3.08. The molecule has 1 aliphatic rings. The highest BCUT2D eigenvalue weighted by Crippen LogP contribution is 2.47. The van der Waals surface area contributed by atoms with E-state index in [1.165, 1.54) is 0 Å². The molecule has 2 atom stereocenters. The number of aliphatic carboxylic acids is 1. The maximum absolute atomic E-state index is 11.0. The van der Waals surface area contributed by atoms with Crippen molar-refractivity contribution in [2.24, 2.45) is 11.3 Å². The van der Waals surface area contributed by atoms with E-state index in [1.807, 2.05) is 0 Å². The second-order valence-corrected chi connectivity index (χ2v) is 5.67. The molecule has 0 spiro atoms. The number of rotatable bonds is 4. The Morgan fingerprint density at radius 1 is 1.50 bits per heavy atom. The molecule has 0 saturated carbocycles. The average molecular weight is 228 g/mol. The van der Waals surface area contributed by atoms with Crippen LogP contribution in [-0.2, 0) is 9.53 Å². The van der Waals surface area contributed by atoms with Crippen molar-refractivity contribution in [1.82, 2.24) is 0 Å². The lowest BCUT2D eigenvalue weighted by molar-refractivity contribution is -0.155. The van der Waals surface area contributed by atoms with Gasteiger partial charge in [0, 0.05) is 6.61 Å². The molecule has 3 heteroatoms. The van der Waals surface area contributed by atoms with Gasteiger partial charge < -0.3 is 9.84 Å². The van der Waals surface area contributed by atoms with Gasteiger partial charge in [0.15, 0.2) is 0 Å². The highest BCUT2D eigenvalue weighted by atomic mass is 16.5. The average Bonchev–Trinajstić information content (AvgIpc) is 2.16. The molecule has 0 radical (unpaired) electrons. The van der Waals surface area contributed by atoms with Crippen LogP contribution in [0.2, 0.25) is 0 Å². The van der Waals surface area contributed by atoms with Crippen LogP contribution >= 0.6 is 0 Å². The van der Waals surface area contributed by atoms with Gasteiger partial charge in [-0.1, -0.05) is 20.8 Å². The van der Waals surface area contributed by atoms with Gasteiger partial charge >= 0.3 is 5.97 Å². The first-order valence-corrected chi connectivity index (χ1v) is 6.19. The van der Waals surface area contributed by atoms with E-state index in [1.54, 1.807) is 0 Å². The van der Waals surface area contributed by atoms with Gasteiger partial charge in [-0.2, -0.15) is 0 Å². The molecule has 0 aromatic carbocycles. The Labute approximate surface area is 98.2 Å². The number of carboxylic acid groups (broad SMARTS) is 1. The Kier molecular flexibility index (Phi) is 4.00. The molecule has 0 aromatic rings. The van der Waals surface area contributed by atoms with Gasteiger partial charge in [-0.15, -0.1) is 0 Å². The summed E-state index contributed by atoms with van der Waals surface area (Å²) in [6, 6.07) is 0. The van der Waals surface area contributed by atoms with Gasteiger partial charge in [0.2, 0.25) is 0 Å². The molecular weight excluding hydrogens is 204 g/mol. The lowest BCUT2D eigenvalue weighted by atomic mass is 9.64. The van der Waals surface area contributed by atoms with Crippen LogP contribution in [0.5, 0.6) is 0 Å². The fourth-order valence-electron chi connectivity index (χ4n) is 2.76. The van der Waals surface area contributed by atoms with E-state index in [-0.39, 0.29) is 17.4 Å². The SMILES string of the molecule is CC[C@]1(C)C[C@](CC(=O)O)(C(C)C)CCO1. The molecule has 0 aromatic heterocycles. The molecule has 1 aliphatic heterocycles. The van der Waals surface area contributed by atoms with Gasteiger partial charge in [-0.25, -0.2) is 0 Å². The monoisotopic (exact) mass is 228 g/mol.